The van der Waals surface area contributed by atoms with E-state index in [1.54, 1.807) is 25.3 Å². The van der Waals surface area contributed by atoms with Crippen molar-refractivity contribution in [1.29, 1.82) is 0 Å². The summed E-state index contributed by atoms with van der Waals surface area (Å²) in [6, 6.07) is 4.81. The SMILES string of the molecule is COc1ccc(C(C)=O)cc1CN1CCC(C)C1C(=O)O. The molecule has 2 unspecified atom stereocenters. The van der Waals surface area contributed by atoms with Gasteiger partial charge in [-0.3, -0.25) is 14.5 Å². The minimum Gasteiger partial charge on any atom is -0.496 e. The van der Waals surface area contributed by atoms with E-state index in [4.69, 9.17) is 4.74 Å². The molecule has 0 spiro atoms. The van der Waals surface area contributed by atoms with Crippen molar-refractivity contribution < 1.29 is 19.4 Å². The number of hydrogen-bond donors (Lipinski definition) is 1. The average Bonchev–Trinajstić information content (AvgIpc) is 2.79. The van der Waals surface area contributed by atoms with Gasteiger partial charge in [0.2, 0.25) is 0 Å². The van der Waals surface area contributed by atoms with Crippen LogP contribution in [0.5, 0.6) is 5.75 Å². The molecule has 1 aliphatic rings. The zero-order valence-corrected chi connectivity index (χ0v) is 12.6. The van der Waals surface area contributed by atoms with Gasteiger partial charge in [0.15, 0.2) is 5.78 Å². The molecule has 0 aliphatic carbocycles. The fourth-order valence-corrected chi connectivity index (χ4v) is 2.94. The molecular weight excluding hydrogens is 270 g/mol. The number of hydrogen-bond acceptors (Lipinski definition) is 4. The number of ether oxygens (including phenoxy) is 1. The molecule has 1 saturated heterocycles. The Labute approximate surface area is 124 Å². The minimum absolute atomic E-state index is 0.0107. The molecule has 0 saturated carbocycles. The summed E-state index contributed by atoms with van der Waals surface area (Å²) in [5, 5.41) is 9.37. The third-order valence-electron chi connectivity index (χ3n) is 4.12. The molecule has 2 rings (SSSR count). The number of carbonyl (C=O) groups is 2. The van der Waals surface area contributed by atoms with Gasteiger partial charge in [0.05, 0.1) is 7.11 Å². The number of carbonyl (C=O) groups excluding carboxylic acids is 1. The summed E-state index contributed by atoms with van der Waals surface area (Å²) in [6.45, 7) is 4.70. The summed E-state index contributed by atoms with van der Waals surface area (Å²) < 4.78 is 5.33. The molecule has 1 aromatic carbocycles. The summed E-state index contributed by atoms with van der Waals surface area (Å²) in [5.74, 6) is 0.0124. The summed E-state index contributed by atoms with van der Waals surface area (Å²) in [6.07, 6.45) is 0.867. The van der Waals surface area contributed by atoms with Crippen molar-refractivity contribution in [3.05, 3.63) is 29.3 Å². The molecule has 0 amide bonds. The van der Waals surface area contributed by atoms with Crippen LogP contribution in [0.4, 0.5) is 0 Å². The smallest absolute Gasteiger partial charge is 0.321 e. The fourth-order valence-electron chi connectivity index (χ4n) is 2.94. The van der Waals surface area contributed by atoms with Crippen molar-refractivity contribution in [1.82, 2.24) is 4.90 Å². The van der Waals surface area contributed by atoms with Gasteiger partial charge in [-0.2, -0.15) is 0 Å². The van der Waals surface area contributed by atoms with Crippen LogP contribution < -0.4 is 4.74 Å². The number of carboxylic acids is 1. The Hall–Kier alpha value is -1.88. The lowest BCUT2D eigenvalue weighted by atomic mass is 10.0. The number of nitrogens with zero attached hydrogens (tertiary/aromatic N) is 1. The zero-order chi connectivity index (χ0) is 15.6. The topological polar surface area (TPSA) is 66.8 Å². The average molecular weight is 291 g/mol. The van der Waals surface area contributed by atoms with E-state index in [2.05, 4.69) is 0 Å². The van der Waals surface area contributed by atoms with Crippen LogP contribution in [-0.4, -0.2) is 41.5 Å². The molecule has 1 N–H and O–H groups in total. The van der Waals surface area contributed by atoms with Gasteiger partial charge in [0.25, 0.3) is 0 Å². The molecule has 21 heavy (non-hydrogen) atoms. The Morgan fingerprint density at radius 2 is 2.14 bits per heavy atom. The van der Waals surface area contributed by atoms with Gasteiger partial charge < -0.3 is 9.84 Å². The largest absolute Gasteiger partial charge is 0.496 e. The Morgan fingerprint density at radius 1 is 1.43 bits per heavy atom. The van der Waals surface area contributed by atoms with E-state index in [-0.39, 0.29) is 11.7 Å². The molecule has 5 nitrogen and oxygen atoms in total. The Kier molecular flexibility index (Phi) is 4.63. The highest BCUT2D eigenvalue weighted by Crippen LogP contribution is 2.29. The first kappa shape index (κ1) is 15.5. The third kappa shape index (κ3) is 3.24. The molecular formula is C16H21NO4. The van der Waals surface area contributed by atoms with E-state index in [1.165, 1.54) is 6.92 Å². The molecule has 114 valence electrons. The Bertz CT molecular complexity index is 555. The Morgan fingerprint density at radius 3 is 2.71 bits per heavy atom. The minimum atomic E-state index is -0.790. The molecule has 1 fully saturated rings. The normalized spacial score (nSPS) is 22.2. The lowest BCUT2D eigenvalue weighted by Crippen LogP contribution is -2.38. The van der Waals surface area contributed by atoms with Crippen LogP contribution in [-0.2, 0) is 11.3 Å². The van der Waals surface area contributed by atoms with Gasteiger partial charge in [-0.1, -0.05) is 6.92 Å². The monoisotopic (exact) mass is 291 g/mol. The van der Waals surface area contributed by atoms with E-state index < -0.39 is 12.0 Å². The summed E-state index contributed by atoms with van der Waals surface area (Å²) in [4.78, 5) is 24.9. The number of carboxylic acid groups (broad SMARTS) is 1. The molecule has 1 heterocycles. The van der Waals surface area contributed by atoms with E-state index in [0.29, 0.717) is 17.9 Å². The van der Waals surface area contributed by atoms with Gasteiger partial charge in [-0.15, -0.1) is 0 Å². The highest BCUT2D eigenvalue weighted by molar-refractivity contribution is 5.94. The van der Waals surface area contributed by atoms with Crippen LogP contribution in [0.1, 0.15) is 36.2 Å². The first-order valence-corrected chi connectivity index (χ1v) is 7.08. The molecule has 0 bridgehead atoms. The maximum atomic E-state index is 11.5. The van der Waals surface area contributed by atoms with Crippen LogP contribution in [0.25, 0.3) is 0 Å². The van der Waals surface area contributed by atoms with Gasteiger partial charge in [0, 0.05) is 17.7 Å². The van der Waals surface area contributed by atoms with Gasteiger partial charge in [0.1, 0.15) is 11.8 Å². The number of likely N-dealkylation sites (tertiary alicyclic amines) is 1. The van der Waals surface area contributed by atoms with Crippen LogP contribution in [0.3, 0.4) is 0 Å². The van der Waals surface area contributed by atoms with E-state index in [0.717, 1.165) is 18.5 Å². The Balaban J connectivity index is 2.27. The van der Waals surface area contributed by atoms with Crippen LogP contribution in [0.15, 0.2) is 18.2 Å². The van der Waals surface area contributed by atoms with Gasteiger partial charge in [-0.25, -0.2) is 0 Å². The predicted molar refractivity (Wildman–Crippen MR) is 78.6 cm³/mol. The van der Waals surface area contributed by atoms with Crippen molar-refractivity contribution in [2.45, 2.75) is 32.9 Å². The van der Waals surface area contributed by atoms with Crippen molar-refractivity contribution in [2.24, 2.45) is 5.92 Å². The lowest BCUT2D eigenvalue weighted by molar-refractivity contribution is -0.143. The van der Waals surface area contributed by atoms with E-state index in [9.17, 15) is 14.7 Å². The second-order valence-corrected chi connectivity index (χ2v) is 5.60. The second-order valence-electron chi connectivity index (χ2n) is 5.60. The fraction of sp³-hybridized carbons (Fsp3) is 0.500. The van der Waals surface area contributed by atoms with Crippen LogP contribution >= 0.6 is 0 Å². The number of ketones is 1. The molecule has 0 aromatic heterocycles. The number of aliphatic carboxylic acids is 1. The quantitative estimate of drug-likeness (QED) is 0.842. The van der Waals surface area contributed by atoms with Crippen molar-refractivity contribution in [3.8, 4) is 5.75 Å². The van der Waals surface area contributed by atoms with Gasteiger partial charge >= 0.3 is 5.97 Å². The van der Waals surface area contributed by atoms with E-state index in [1.807, 2.05) is 11.8 Å². The highest BCUT2D eigenvalue weighted by atomic mass is 16.5. The summed E-state index contributed by atoms with van der Waals surface area (Å²) >= 11 is 0. The van der Waals surface area contributed by atoms with Crippen molar-refractivity contribution in [2.75, 3.05) is 13.7 Å². The summed E-state index contributed by atoms with van der Waals surface area (Å²) in [5.41, 5.74) is 1.47. The number of rotatable bonds is 5. The first-order valence-electron chi connectivity index (χ1n) is 7.08. The standard InChI is InChI=1S/C16H21NO4/c1-10-6-7-17(15(10)16(19)20)9-13-8-12(11(2)18)4-5-14(13)21-3/h4-5,8,10,15H,6-7,9H2,1-3H3,(H,19,20). The number of benzene rings is 1. The molecule has 1 aliphatic heterocycles. The van der Waals surface area contributed by atoms with Gasteiger partial charge in [-0.05, 0) is 44.0 Å². The van der Waals surface area contributed by atoms with Crippen molar-refractivity contribution >= 4 is 11.8 Å². The lowest BCUT2D eigenvalue weighted by Gasteiger charge is -2.24. The first-order chi connectivity index (χ1) is 9.93. The van der Waals surface area contributed by atoms with Crippen LogP contribution in [0, 0.1) is 5.92 Å². The van der Waals surface area contributed by atoms with E-state index >= 15 is 0 Å². The molecule has 2 atom stereocenters. The summed E-state index contributed by atoms with van der Waals surface area (Å²) in [7, 11) is 1.58. The molecule has 1 aromatic rings. The number of Topliss-reactive ketones (excluding diaryl/α,β-unsaturated/α-hetero) is 1. The number of methoxy groups -OCH3 is 1. The predicted octanol–water partition coefficient (Wildman–Crippen LogP) is 2.19. The maximum absolute atomic E-state index is 11.5. The third-order valence-corrected chi connectivity index (χ3v) is 4.12. The molecule has 0 radical (unpaired) electrons. The highest BCUT2D eigenvalue weighted by Gasteiger charge is 2.36. The van der Waals surface area contributed by atoms with Crippen molar-refractivity contribution in [3.63, 3.8) is 0 Å². The molecule has 5 heteroatoms. The second kappa shape index (κ2) is 6.26. The maximum Gasteiger partial charge on any atom is 0.321 e. The zero-order valence-electron chi connectivity index (χ0n) is 12.6. The van der Waals surface area contributed by atoms with Crippen LogP contribution in [0.2, 0.25) is 0 Å².